The fourth-order valence-electron chi connectivity index (χ4n) is 2.73. The first-order chi connectivity index (χ1) is 12.6. The van der Waals surface area contributed by atoms with Gasteiger partial charge in [0.15, 0.2) is 0 Å². The van der Waals surface area contributed by atoms with Crippen LogP contribution in [0.4, 0.5) is 10.2 Å². The minimum absolute atomic E-state index is 0.155. The van der Waals surface area contributed by atoms with Crippen LogP contribution < -0.4 is 5.32 Å². The van der Waals surface area contributed by atoms with Crippen molar-refractivity contribution in [1.82, 2.24) is 4.98 Å². The Balaban J connectivity index is 2.09. The Morgan fingerprint density at radius 3 is 2.69 bits per heavy atom. The van der Waals surface area contributed by atoms with Gasteiger partial charge in [0, 0.05) is 19.2 Å². The zero-order valence-electron chi connectivity index (χ0n) is 14.8. The number of methoxy groups -OCH3 is 1. The zero-order valence-corrected chi connectivity index (χ0v) is 14.8. The molecule has 0 atom stereocenters. The lowest BCUT2D eigenvalue weighted by atomic mass is 10.0. The van der Waals surface area contributed by atoms with Crippen LogP contribution in [-0.4, -0.2) is 30.4 Å². The predicted octanol–water partition coefficient (Wildman–Crippen LogP) is 4.63. The molecule has 0 unspecified atom stereocenters. The summed E-state index contributed by atoms with van der Waals surface area (Å²) in [6, 6.07) is 15.5. The van der Waals surface area contributed by atoms with E-state index in [1.807, 2.05) is 37.3 Å². The van der Waals surface area contributed by atoms with Crippen molar-refractivity contribution >= 4 is 5.82 Å². The number of aromatic hydroxyl groups is 1. The Labute approximate surface area is 152 Å². The highest BCUT2D eigenvalue weighted by Crippen LogP contribution is 2.33. The normalized spacial score (nSPS) is 10.7. The monoisotopic (exact) mass is 352 g/mol. The van der Waals surface area contributed by atoms with Crippen molar-refractivity contribution in [3.05, 3.63) is 66.0 Å². The zero-order chi connectivity index (χ0) is 18.5. The standard InChI is InChI=1S/C21H21FN2O2/c1-14-6-7-20(25)18(10-14)19-12-16(15-4-3-5-17(22)11-15)13-21(24-19)23-8-9-26-2/h3-7,10-13,25H,8-9H2,1-2H3,(H,23,24). The van der Waals surface area contributed by atoms with Crippen LogP contribution in [0.1, 0.15) is 5.56 Å². The molecule has 0 fully saturated rings. The SMILES string of the molecule is COCCNc1cc(-c2cccc(F)c2)cc(-c2cc(C)ccc2O)n1. The maximum absolute atomic E-state index is 13.7. The molecule has 5 heteroatoms. The summed E-state index contributed by atoms with van der Waals surface area (Å²) in [7, 11) is 1.63. The van der Waals surface area contributed by atoms with Crippen LogP contribution >= 0.6 is 0 Å². The molecule has 3 rings (SSSR count). The molecule has 0 aliphatic carbocycles. The van der Waals surface area contributed by atoms with Crippen LogP contribution in [-0.2, 0) is 4.74 Å². The molecule has 1 aromatic heterocycles. The average Bonchev–Trinajstić information content (AvgIpc) is 2.64. The maximum atomic E-state index is 13.7. The molecule has 1 heterocycles. The number of pyridine rings is 1. The third kappa shape index (κ3) is 4.18. The van der Waals surface area contributed by atoms with Crippen molar-refractivity contribution < 1.29 is 14.2 Å². The Morgan fingerprint density at radius 2 is 1.92 bits per heavy atom. The van der Waals surface area contributed by atoms with Crippen molar-refractivity contribution in [2.75, 3.05) is 25.6 Å². The number of hydrogen-bond donors (Lipinski definition) is 2. The van der Waals surface area contributed by atoms with Gasteiger partial charge in [-0.05, 0) is 54.4 Å². The summed E-state index contributed by atoms with van der Waals surface area (Å²) in [5, 5.41) is 13.5. The van der Waals surface area contributed by atoms with Crippen molar-refractivity contribution in [3.63, 3.8) is 0 Å². The van der Waals surface area contributed by atoms with Gasteiger partial charge in [-0.1, -0.05) is 23.8 Å². The lowest BCUT2D eigenvalue weighted by Gasteiger charge is -2.12. The van der Waals surface area contributed by atoms with Gasteiger partial charge in [0.05, 0.1) is 12.3 Å². The Bertz CT molecular complexity index is 912. The third-order valence-corrected chi connectivity index (χ3v) is 4.02. The van der Waals surface area contributed by atoms with Gasteiger partial charge in [0.1, 0.15) is 17.4 Å². The summed E-state index contributed by atoms with van der Waals surface area (Å²) in [6.07, 6.45) is 0. The summed E-state index contributed by atoms with van der Waals surface area (Å²) < 4.78 is 18.7. The molecule has 0 saturated carbocycles. The summed E-state index contributed by atoms with van der Waals surface area (Å²) in [5.41, 5.74) is 3.83. The Hall–Kier alpha value is -2.92. The quantitative estimate of drug-likeness (QED) is 0.635. The van der Waals surface area contributed by atoms with Crippen LogP contribution in [0.3, 0.4) is 0 Å². The van der Waals surface area contributed by atoms with Crippen molar-refractivity contribution in [2.45, 2.75) is 6.92 Å². The first-order valence-corrected chi connectivity index (χ1v) is 8.37. The van der Waals surface area contributed by atoms with Gasteiger partial charge in [0.2, 0.25) is 0 Å². The average molecular weight is 352 g/mol. The van der Waals surface area contributed by atoms with Gasteiger partial charge in [0.25, 0.3) is 0 Å². The fourth-order valence-corrected chi connectivity index (χ4v) is 2.73. The second kappa shape index (κ2) is 7.97. The highest BCUT2D eigenvalue weighted by molar-refractivity contribution is 5.76. The lowest BCUT2D eigenvalue weighted by Crippen LogP contribution is -2.09. The summed E-state index contributed by atoms with van der Waals surface area (Å²) in [6.45, 7) is 3.09. The molecule has 2 N–H and O–H groups in total. The van der Waals surface area contributed by atoms with Crippen molar-refractivity contribution in [1.29, 1.82) is 0 Å². The second-order valence-corrected chi connectivity index (χ2v) is 6.08. The van der Waals surface area contributed by atoms with E-state index in [0.29, 0.717) is 30.2 Å². The number of nitrogens with zero attached hydrogens (tertiary/aromatic N) is 1. The van der Waals surface area contributed by atoms with Gasteiger partial charge < -0.3 is 15.2 Å². The summed E-state index contributed by atoms with van der Waals surface area (Å²) in [5.74, 6) is 0.496. The topological polar surface area (TPSA) is 54.4 Å². The number of hydrogen-bond acceptors (Lipinski definition) is 4. The Kier molecular flexibility index (Phi) is 5.49. The summed E-state index contributed by atoms with van der Waals surface area (Å²) in [4.78, 5) is 4.60. The van der Waals surface area contributed by atoms with E-state index in [9.17, 15) is 9.50 Å². The number of rotatable bonds is 6. The second-order valence-electron chi connectivity index (χ2n) is 6.08. The predicted molar refractivity (Wildman–Crippen MR) is 102 cm³/mol. The van der Waals surface area contributed by atoms with Crippen LogP contribution in [0.25, 0.3) is 22.4 Å². The molecule has 3 aromatic rings. The molecule has 0 saturated heterocycles. The van der Waals surface area contributed by atoms with E-state index in [4.69, 9.17) is 4.74 Å². The molecule has 0 aliphatic heterocycles. The number of anilines is 1. The van der Waals surface area contributed by atoms with E-state index in [2.05, 4.69) is 10.3 Å². The minimum atomic E-state index is -0.298. The number of ether oxygens (including phenoxy) is 1. The van der Waals surface area contributed by atoms with E-state index in [-0.39, 0.29) is 11.6 Å². The van der Waals surface area contributed by atoms with Crippen LogP contribution in [0.2, 0.25) is 0 Å². The number of phenols is 1. The van der Waals surface area contributed by atoms with Gasteiger partial charge in [-0.15, -0.1) is 0 Å². The molecule has 0 spiro atoms. The fraction of sp³-hybridized carbons (Fsp3) is 0.190. The smallest absolute Gasteiger partial charge is 0.127 e. The highest BCUT2D eigenvalue weighted by Gasteiger charge is 2.11. The van der Waals surface area contributed by atoms with E-state index in [1.54, 1.807) is 19.2 Å². The van der Waals surface area contributed by atoms with E-state index in [0.717, 1.165) is 16.7 Å². The molecule has 26 heavy (non-hydrogen) atoms. The Morgan fingerprint density at radius 1 is 1.08 bits per heavy atom. The highest BCUT2D eigenvalue weighted by atomic mass is 19.1. The number of benzene rings is 2. The van der Waals surface area contributed by atoms with E-state index < -0.39 is 0 Å². The molecule has 0 bridgehead atoms. The molecular weight excluding hydrogens is 331 g/mol. The van der Waals surface area contributed by atoms with Crippen LogP contribution in [0.15, 0.2) is 54.6 Å². The summed E-state index contributed by atoms with van der Waals surface area (Å²) >= 11 is 0. The van der Waals surface area contributed by atoms with Gasteiger partial charge in [-0.3, -0.25) is 0 Å². The van der Waals surface area contributed by atoms with Crippen molar-refractivity contribution in [2.24, 2.45) is 0 Å². The first kappa shape index (κ1) is 17.9. The maximum Gasteiger partial charge on any atom is 0.127 e. The lowest BCUT2D eigenvalue weighted by molar-refractivity contribution is 0.210. The number of aromatic nitrogens is 1. The number of aryl methyl sites for hydroxylation is 1. The number of phenolic OH excluding ortho intramolecular Hbond substituents is 1. The van der Waals surface area contributed by atoms with E-state index in [1.165, 1.54) is 12.1 Å². The largest absolute Gasteiger partial charge is 0.507 e. The number of halogens is 1. The van der Waals surface area contributed by atoms with Gasteiger partial charge in [-0.25, -0.2) is 9.37 Å². The van der Waals surface area contributed by atoms with Crippen LogP contribution in [0, 0.1) is 12.7 Å². The van der Waals surface area contributed by atoms with Gasteiger partial charge >= 0.3 is 0 Å². The third-order valence-electron chi connectivity index (χ3n) is 4.02. The molecule has 0 aliphatic rings. The molecule has 4 nitrogen and oxygen atoms in total. The number of nitrogens with one attached hydrogen (secondary N) is 1. The molecular formula is C21H21FN2O2. The molecule has 134 valence electrons. The van der Waals surface area contributed by atoms with Crippen molar-refractivity contribution in [3.8, 4) is 28.1 Å². The first-order valence-electron chi connectivity index (χ1n) is 8.37. The molecule has 0 amide bonds. The van der Waals surface area contributed by atoms with Gasteiger partial charge in [-0.2, -0.15) is 0 Å². The molecule has 0 radical (unpaired) electrons. The molecule has 2 aromatic carbocycles. The van der Waals surface area contributed by atoms with E-state index >= 15 is 0 Å². The van der Waals surface area contributed by atoms with Crippen LogP contribution in [0.5, 0.6) is 5.75 Å². The minimum Gasteiger partial charge on any atom is -0.507 e.